The Labute approximate surface area is 192 Å². The van der Waals surface area contributed by atoms with E-state index in [-0.39, 0.29) is 4.90 Å². The van der Waals surface area contributed by atoms with Gasteiger partial charge in [0, 0.05) is 10.6 Å². The number of rotatable bonds is 8. The summed E-state index contributed by atoms with van der Waals surface area (Å²) in [6, 6.07) is 18.1. The van der Waals surface area contributed by atoms with Crippen LogP contribution < -0.4 is 9.46 Å². The molecule has 162 valence electrons. The van der Waals surface area contributed by atoms with E-state index in [9.17, 15) is 13.2 Å². The Hall–Kier alpha value is -2.38. The van der Waals surface area contributed by atoms with Crippen LogP contribution in [-0.4, -0.2) is 27.4 Å². The van der Waals surface area contributed by atoms with Gasteiger partial charge in [0.2, 0.25) is 10.0 Å². The number of methoxy groups -OCH3 is 1. The highest BCUT2D eigenvalue weighted by Crippen LogP contribution is 2.29. The second-order valence-electron chi connectivity index (χ2n) is 6.96. The van der Waals surface area contributed by atoms with Gasteiger partial charge in [-0.05, 0) is 61.0 Å². The maximum absolute atomic E-state index is 13.3. The lowest BCUT2D eigenvalue weighted by Gasteiger charge is -2.23. The van der Waals surface area contributed by atoms with Gasteiger partial charge >= 0.3 is 0 Å². The molecule has 0 saturated heterocycles. The molecule has 0 unspecified atom stereocenters. The van der Waals surface area contributed by atoms with E-state index >= 15 is 0 Å². The number of alkyl halides is 1. The van der Waals surface area contributed by atoms with Crippen molar-refractivity contribution in [3.05, 3.63) is 94.5 Å². The maximum atomic E-state index is 13.3. The van der Waals surface area contributed by atoms with Crippen LogP contribution in [0.15, 0.2) is 77.7 Å². The van der Waals surface area contributed by atoms with Gasteiger partial charge in [0.25, 0.3) is 0 Å². The zero-order valence-electron chi connectivity index (χ0n) is 16.9. The van der Waals surface area contributed by atoms with Crippen molar-refractivity contribution in [3.63, 3.8) is 0 Å². The quantitative estimate of drug-likeness (QED) is 0.358. The number of benzene rings is 3. The molecule has 0 saturated carbocycles. The van der Waals surface area contributed by atoms with Gasteiger partial charge in [0.1, 0.15) is 11.8 Å². The van der Waals surface area contributed by atoms with E-state index in [0.29, 0.717) is 21.9 Å². The Morgan fingerprint density at radius 2 is 1.52 bits per heavy atom. The standard InChI is InChI=1S/C23H21Cl2NO4S/c1-15-3-13-20(14-4-15)31(28,29)26-22(21(25)16-5-9-18(24)10-6-16)23(27)17-7-11-19(30-2)12-8-17/h3-14,21-22,26H,1-2H3/t21-,22-/m1/s1. The third-order valence-corrected chi connectivity index (χ3v) is 6.96. The van der Waals surface area contributed by atoms with E-state index in [4.69, 9.17) is 27.9 Å². The van der Waals surface area contributed by atoms with Crippen molar-refractivity contribution in [2.24, 2.45) is 0 Å². The topological polar surface area (TPSA) is 72.5 Å². The van der Waals surface area contributed by atoms with E-state index in [0.717, 1.165) is 5.56 Å². The fraction of sp³-hybridized carbons (Fsp3) is 0.174. The first-order chi connectivity index (χ1) is 14.7. The molecule has 0 aliphatic rings. The monoisotopic (exact) mass is 477 g/mol. The third-order valence-electron chi connectivity index (χ3n) is 4.75. The van der Waals surface area contributed by atoms with Crippen molar-refractivity contribution in [1.29, 1.82) is 0 Å². The summed E-state index contributed by atoms with van der Waals surface area (Å²) in [6.07, 6.45) is 0. The third kappa shape index (κ3) is 5.66. The molecule has 0 radical (unpaired) electrons. The average molecular weight is 478 g/mol. The number of carbonyl (C=O) groups is 1. The first-order valence-electron chi connectivity index (χ1n) is 9.38. The van der Waals surface area contributed by atoms with Crippen LogP contribution in [-0.2, 0) is 10.0 Å². The van der Waals surface area contributed by atoms with Crippen molar-refractivity contribution >= 4 is 39.0 Å². The van der Waals surface area contributed by atoms with Crippen molar-refractivity contribution in [1.82, 2.24) is 4.72 Å². The van der Waals surface area contributed by atoms with Crippen LogP contribution in [0.25, 0.3) is 0 Å². The molecule has 0 heterocycles. The molecule has 0 aromatic heterocycles. The minimum Gasteiger partial charge on any atom is -0.497 e. The van der Waals surface area contributed by atoms with Crippen LogP contribution in [0.3, 0.4) is 0 Å². The fourth-order valence-electron chi connectivity index (χ4n) is 2.97. The summed E-state index contributed by atoms with van der Waals surface area (Å²) in [6.45, 7) is 1.86. The predicted molar refractivity (Wildman–Crippen MR) is 123 cm³/mol. The SMILES string of the molecule is COc1ccc(C(=O)[C@H](NS(=O)(=O)c2ccc(C)cc2)[C@H](Cl)c2ccc(Cl)cc2)cc1. The Bertz CT molecular complexity index is 1150. The average Bonchev–Trinajstić information content (AvgIpc) is 2.77. The second-order valence-corrected chi connectivity index (χ2v) is 9.58. The van der Waals surface area contributed by atoms with Crippen LogP contribution in [0.2, 0.25) is 5.02 Å². The molecular formula is C23H21Cl2NO4S. The molecule has 0 spiro atoms. The molecule has 3 aromatic rings. The molecule has 8 heteroatoms. The minimum atomic E-state index is -4.01. The van der Waals surface area contributed by atoms with E-state index < -0.39 is 27.2 Å². The molecule has 3 aromatic carbocycles. The first-order valence-corrected chi connectivity index (χ1v) is 11.7. The molecule has 31 heavy (non-hydrogen) atoms. The lowest BCUT2D eigenvalue weighted by Crippen LogP contribution is -2.43. The number of hydrogen-bond acceptors (Lipinski definition) is 4. The number of halogens is 2. The van der Waals surface area contributed by atoms with Crippen molar-refractivity contribution in [3.8, 4) is 5.75 Å². The van der Waals surface area contributed by atoms with Crippen LogP contribution in [0, 0.1) is 6.92 Å². The summed E-state index contributed by atoms with van der Waals surface area (Å²) in [5.41, 5.74) is 1.78. The van der Waals surface area contributed by atoms with Crippen molar-refractivity contribution < 1.29 is 17.9 Å². The van der Waals surface area contributed by atoms with Gasteiger partial charge in [-0.3, -0.25) is 4.79 Å². The molecule has 1 N–H and O–H groups in total. The molecule has 0 amide bonds. The molecule has 3 rings (SSSR count). The summed E-state index contributed by atoms with van der Waals surface area (Å²) in [5, 5.41) is -0.460. The lowest BCUT2D eigenvalue weighted by atomic mass is 9.98. The van der Waals surface area contributed by atoms with Crippen molar-refractivity contribution in [2.45, 2.75) is 23.2 Å². The summed E-state index contributed by atoms with van der Waals surface area (Å²) in [5.74, 6) is 0.113. The number of carbonyl (C=O) groups excluding carboxylic acids is 1. The first kappa shape index (κ1) is 23.3. The van der Waals surface area contributed by atoms with E-state index in [2.05, 4.69) is 4.72 Å². The zero-order valence-corrected chi connectivity index (χ0v) is 19.2. The second kappa shape index (κ2) is 9.83. The van der Waals surface area contributed by atoms with Gasteiger partial charge in [-0.2, -0.15) is 4.72 Å². The Morgan fingerprint density at radius 3 is 2.06 bits per heavy atom. The number of ketones is 1. The highest BCUT2D eigenvalue weighted by molar-refractivity contribution is 7.89. The molecule has 0 bridgehead atoms. The van der Waals surface area contributed by atoms with Crippen LogP contribution >= 0.6 is 23.2 Å². The Morgan fingerprint density at radius 1 is 0.935 bits per heavy atom. The van der Waals surface area contributed by atoms with E-state index in [1.165, 1.54) is 19.2 Å². The normalized spacial score (nSPS) is 13.4. The highest BCUT2D eigenvalue weighted by atomic mass is 35.5. The smallest absolute Gasteiger partial charge is 0.241 e. The van der Waals surface area contributed by atoms with E-state index in [1.54, 1.807) is 60.7 Å². The Kier molecular flexibility index (Phi) is 7.38. The number of hydrogen-bond donors (Lipinski definition) is 1. The summed E-state index contributed by atoms with van der Waals surface area (Å²) in [7, 11) is -2.49. The maximum Gasteiger partial charge on any atom is 0.241 e. The number of sulfonamides is 1. The summed E-state index contributed by atoms with van der Waals surface area (Å²) < 4.78 is 33.7. The molecule has 0 aliphatic carbocycles. The van der Waals surface area contributed by atoms with E-state index in [1.807, 2.05) is 6.92 Å². The largest absolute Gasteiger partial charge is 0.497 e. The lowest BCUT2D eigenvalue weighted by molar-refractivity contribution is 0.0951. The van der Waals surface area contributed by atoms with Crippen LogP contribution in [0.4, 0.5) is 0 Å². The van der Waals surface area contributed by atoms with Gasteiger partial charge in [0.15, 0.2) is 5.78 Å². The number of ether oxygens (including phenoxy) is 1. The predicted octanol–water partition coefficient (Wildman–Crippen LogP) is 5.17. The van der Waals surface area contributed by atoms with Crippen LogP contribution in [0.5, 0.6) is 5.75 Å². The van der Waals surface area contributed by atoms with Gasteiger partial charge in [0.05, 0.1) is 17.4 Å². The number of nitrogens with one attached hydrogen (secondary N) is 1. The molecular weight excluding hydrogens is 457 g/mol. The van der Waals surface area contributed by atoms with Crippen LogP contribution in [0.1, 0.15) is 26.9 Å². The Balaban J connectivity index is 1.99. The number of Topliss-reactive ketones (excluding diaryl/α,β-unsaturated/α-hetero) is 1. The highest BCUT2D eigenvalue weighted by Gasteiger charge is 2.33. The molecule has 0 aliphatic heterocycles. The zero-order chi connectivity index (χ0) is 22.6. The van der Waals surface area contributed by atoms with Gasteiger partial charge in [-0.25, -0.2) is 8.42 Å². The molecule has 5 nitrogen and oxygen atoms in total. The van der Waals surface area contributed by atoms with Crippen molar-refractivity contribution in [2.75, 3.05) is 7.11 Å². The molecule has 2 atom stereocenters. The minimum absolute atomic E-state index is 0.0469. The molecule has 0 fully saturated rings. The fourth-order valence-corrected chi connectivity index (χ4v) is 4.70. The van der Waals surface area contributed by atoms with Gasteiger partial charge < -0.3 is 4.74 Å². The number of aryl methyl sites for hydroxylation is 1. The summed E-state index contributed by atoms with van der Waals surface area (Å²) in [4.78, 5) is 13.4. The van der Waals surface area contributed by atoms with Gasteiger partial charge in [-0.1, -0.05) is 41.4 Å². The van der Waals surface area contributed by atoms with Gasteiger partial charge in [-0.15, -0.1) is 11.6 Å². The summed E-state index contributed by atoms with van der Waals surface area (Å²) >= 11 is 12.6.